The van der Waals surface area contributed by atoms with Crippen LogP contribution in [0.15, 0.2) is 0 Å². The van der Waals surface area contributed by atoms with E-state index in [2.05, 4.69) is 10.6 Å². The third kappa shape index (κ3) is 7.40. The third-order valence-electron chi connectivity index (χ3n) is 1.03. The van der Waals surface area contributed by atoms with Crippen LogP contribution in [-0.2, 0) is 4.79 Å². The molecule has 0 bridgehead atoms. The summed E-state index contributed by atoms with van der Waals surface area (Å²) in [6.45, 7) is 3.13. The summed E-state index contributed by atoms with van der Waals surface area (Å²) in [5.41, 5.74) is 0. The zero-order valence-corrected chi connectivity index (χ0v) is 7.23. The van der Waals surface area contributed by atoms with E-state index in [9.17, 15) is 13.6 Å². The van der Waals surface area contributed by atoms with Crippen LogP contribution in [0.25, 0.3) is 0 Å². The van der Waals surface area contributed by atoms with Crippen LogP contribution >= 0.6 is 0 Å². The largest absolute Gasteiger partial charge is 0.353 e. The zero-order valence-electron chi connectivity index (χ0n) is 7.23. The Balaban J connectivity index is 3.32. The van der Waals surface area contributed by atoms with E-state index in [1.807, 2.05) is 13.8 Å². The number of hydrogen-bond donors (Lipinski definition) is 2. The lowest BCUT2D eigenvalue weighted by atomic mass is 10.4. The van der Waals surface area contributed by atoms with Gasteiger partial charge in [-0.25, -0.2) is 8.78 Å². The minimum Gasteiger partial charge on any atom is -0.353 e. The number of halogens is 2. The van der Waals surface area contributed by atoms with Gasteiger partial charge in [-0.3, -0.25) is 4.79 Å². The quantitative estimate of drug-likeness (QED) is 0.641. The molecule has 0 aliphatic heterocycles. The van der Waals surface area contributed by atoms with Crippen molar-refractivity contribution in [3.8, 4) is 0 Å². The van der Waals surface area contributed by atoms with Gasteiger partial charge in [-0.1, -0.05) is 0 Å². The van der Waals surface area contributed by atoms with Gasteiger partial charge >= 0.3 is 0 Å². The van der Waals surface area contributed by atoms with Crippen molar-refractivity contribution in [2.24, 2.45) is 0 Å². The summed E-state index contributed by atoms with van der Waals surface area (Å²) in [5.74, 6) is -0.259. The molecule has 0 aromatic heterocycles. The molecule has 0 aliphatic rings. The highest BCUT2D eigenvalue weighted by atomic mass is 19.3. The third-order valence-corrected chi connectivity index (χ3v) is 1.03. The van der Waals surface area contributed by atoms with Gasteiger partial charge in [0, 0.05) is 6.04 Å². The second-order valence-corrected chi connectivity index (χ2v) is 2.74. The summed E-state index contributed by atoms with van der Waals surface area (Å²) < 4.78 is 23.1. The van der Waals surface area contributed by atoms with Crippen LogP contribution in [0.5, 0.6) is 0 Å². The van der Waals surface area contributed by atoms with Gasteiger partial charge in [-0.2, -0.15) is 0 Å². The van der Waals surface area contributed by atoms with Crippen LogP contribution in [0.3, 0.4) is 0 Å². The lowest BCUT2D eigenvalue weighted by molar-refractivity contribution is -0.120. The van der Waals surface area contributed by atoms with Crippen LogP contribution in [0.2, 0.25) is 0 Å². The molecule has 0 fully saturated rings. The Bertz CT molecular complexity index is 139. The standard InChI is InChI=1S/C7H14F2N2O/c1-5(2)11-7(12)4-10-3-6(8)9/h5-6,10H,3-4H2,1-2H3,(H,11,12). The van der Waals surface area contributed by atoms with Crippen molar-refractivity contribution >= 4 is 5.91 Å². The summed E-state index contributed by atoms with van der Waals surface area (Å²) in [5, 5.41) is 4.90. The SMILES string of the molecule is CC(C)NC(=O)CNCC(F)F. The van der Waals surface area contributed by atoms with Crippen molar-refractivity contribution in [2.45, 2.75) is 26.3 Å². The number of nitrogens with one attached hydrogen (secondary N) is 2. The first-order valence-electron chi connectivity index (χ1n) is 3.80. The Hall–Kier alpha value is -0.710. The van der Waals surface area contributed by atoms with Crippen molar-refractivity contribution in [1.29, 1.82) is 0 Å². The summed E-state index contributed by atoms with van der Waals surface area (Å²) in [6.07, 6.45) is -2.41. The van der Waals surface area contributed by atoms with E-state index in [-0.39, 0.29) is 18.5 Å². The molecular weight excluding hydrogens is 166 g/mol. The van der Waals surface area contributed by atoms with Crippen molar-refractivity contribution in [3.63, 3.8) is 0 Å². The second-order valence-electron chi connectivity index (χ2n) is 2.74. The molecule has 3 nitrogen and oxygen atoms in total. The van der Waals surface area contributed by atoms with Crippen molar-refractivity contribution in [2.75, 3.05) is 13.1 Å². The average Bonchev–Trinajstić information content (AvgIpc) is 1.84. The molecule has 0 spiro atoms. The number of carbonyl (C=O) groups excluding carboxylic acids is 1. The average molecular weight is 180 g/mol. The van der Waals surface area contributed by atoms with E-state index in [1.165, 1.54) is 0 Å². The van der Waals surface area contributed by atoms with E-state index in [1.54, 1.807) is 0 Å². The first-order valence-corrected chi connectivity index (χ1v) is 3.80. The number of amides is 1. The van der Waals surface area contributed by atoms with Crippen LogP contribution < -0.4 is 10.6 Å². The first kappa shape index (κ1) is 11.3. The molecule has 0 heterocycles. The summed E-state index contributed by atoms with van der Waals surface area (Å²) in [6, 6.07) is 0.0471. The maximum Gasteiger partial charge on any atom is 0.250 e. The van der Waals surface area contributed by atoms with E-state index in [0.717, 1.165) is 0 Å². The highest BCUT2D eigenvalue weighted by Crippen LogP contribution is 1.86. The van der Waals surface area contributed by atoms with Gasteiger partial charge in [0.15, 0.2) is 0 Å². The van der Waals surface area contributed by atoms with E-state index in [4.69, 9.17) is 0 Å². The fourth-order valence-corrected chi connectivity index (χ4v) is 0.668. The van der Waals surface area contributed by atoms with Gasteiger partial charge in [-0.15, -0.1) is 0 Å². The van der Waals surface area contributed by atoms with Gasteiger partial charge in [0.2, 0.25) is 5.91 Å². The van der Waals surface area contributed by atoms with Crippen LogP contribution in [0.1, 0.15) is 13.8 Å². The van der Waals surface area contributed by atoms with E-state index < -0.39 is 13.0 Å². The van der Waals surface area contributed by atoms with E-state index in [0.29, 0.717) is 0 Å². The minimum atomic E-state index is -2.41. The predicted molar refractivity (Wildman–Crippen MR) is 42.2 cm³/mol. The number of hydrogen-bond acceptors (Lipinski definition) is 2. The topological polar surface area (TPSA) is 41.1 Å². The lowest BCUT2D eigenvalue weighted by Gasteiger charge is -2.08. The summed E-state index contributed by atoms with van der Waals surface area (Å²) in [4.78, 5) is 10.8. The zero-order chi connectivity index (χ0) is 9.56. The molecule has 0 unspecified atom stereocenters. The number of alkyl halides is 2. The molecule has 2 N–H and O–H groups in total. The fraction of sp³-hybridized carbons (Fsp3) is 0.857. The molecule has 0 atom stereocenters. The van der Waals surface area contributed by atoms with Crippen molar-refractivity contribution < 1.29 is 13.6 Å². The van der Waals surface area contributed by atoms with Gasteiger partial charge in [0.05, 0.1) is 13.1 Å². The van der Waals surface area contributed by atoms with Crippen LogP contribution in [-0.4, -0.2) is 31.5 Å². The molecule has 0 rings (SSSR count). The maximum atomic E-state index is 11.6. The number of carbonyl (C=O) groups is 1. The Morgan fingerprint density at radius 2 is 2.00 bits per heavy atom. The fourth-order valence-electron chi connectivity index (χ4n) is 0.668. The molecule has 0 aliphatic carbocycles. The van der Waals surface area contributed by atoms with Crippen molar-refractivity contribution in [3.05, 3.63) is 0 Å². The predicted octanol–water partition coefficient (Wildman–Crippen LogP) is 0.366. The molecule has 0 saturated carbocycles. The lowest BCUT2D eigenvalue weighted by Crippen LogP contribution is -2.38. The Morgan fingerprint density at radius 3 is 2.42 bits per heavy atom. The molecule has 5 heteroatoms. The van der Waals surface area contributed by atoms with Gasteiger partial charge in [0.1, 0.15) is 0 Å². The summed E-state index contributed by atoms with van der Waals surface area (Å²) in [7, 11) is 0. The smallest absolute Gasteiger partial charge is 0.250 e. The van der Waals surface area contributed by atoms with Crippen LogP contribution in [0, 0.1) is 0 Å². The second kappa shape index (κ2) is 5.88. The highest BCUT2D eigenvalue weighted by Gasteiger charge is 2.04. The number of rotatable bonds is 5. The Labute approximate surface area is 70.5 Å². The van der Waals surface area contributed by atoms with E-state index >= 15 is 0 Å². The monoisotopic (exact) mass is 180 g/mol. The normalized spacial score (nSPS) is 10.8. The molecule has 0 saturated heterocycles. The minimum absolute atomic E-state index is 0.0471. The first-order chi connectivity index (χ1) is 5.52. The van der Waals surface area contributed by atoms with Gasteiger partial charge in [0.25, 0.3) is 6.43 Å². The van der Waals surface area contributed by atoms with Crippen molar-refractivity contribution in [1.82, 2.24) is 10.6 Å². The van der Waals surface area contributed by atoms with Gasteiger partial charge in [-0.05, 0) is 13.8 Å². The summed E-state index contributed by atoms with van der Waals surface area (Å²) >= 11 is 0. The maximum absolute atomic E-state index is 11.6. The Morgan fingerprint density at radius 1 is 1.42 bits per heavy atom. The molecule has 1 amide bonds. The molecule has 0 aromatic carbocycles. The molecule has 72 valence electrons. The molecular formula is C7H14F2N2O. The molecule has 12 heavy (non-hydrogen) atoms. The molecule has 0 aromatic rings. The highest BCUT2D eigenvalue weighted by molar-refractivity contribution is 5.78. The van der Waals surface area contributed by atoms with Gasteiger partial charge < -0.3 is 10.6 Å². The Kier molecular flexibility index (Phi) is 5.53. The van der Waals surface area contributed by atoms with Crippen LogP contribution in [0.4, 0.5) is 8.78 Å². The molecule has 0 radical (unpaired) electrons.